The Labute approximate surface area is 111 Å². The maximum Gasteiger partial charge on any atom is 0.132 e. The highest BCUT2D eigenvalue weighted by molar-refractivity contribution is 6.30. The molecule has 0 aliphatic carbocycles. The third kappa shape index (κ3) is 2.02. The van der Waals surface area contributed by atoms with Crippen molar-refractivity contribution in [3.8, 4) is 11.1 Å². The predicted octanol–water partition coefficient (Wildman–Crippen LogP) is 3.79. The third-order valence-corrected chi connectivity index (χ3v) is 3.60. The highest BCUT2D eigenvalue weighted by atomic mass is 35.5. The second-order valence-electron chi connectivity index (χ2n) is 4.49. The van der Waals surface area contributed by atoms with E-state index in [1.807, 2.05) is 12.1 Å². The van der Waals surface area contributed by atoms with E-state index < -0.39 is 0 Å². The molecule has 0 bridgehead atoms. The summed E-state index contributed by atoms with van der Waals surface area (Å²) in [6, 6.07) is 10.9. The molecule has 92 valence electrons. The van der Waals surface area contributed by atoms with Crippen molar-refractivity contribution in [1.82, 2.24) is 5.32 Å². The van der Waals surface area contributed by atoms with Crippen LogP contribution in [-0.4, -0.2) is 6.54 Å². The van der Waals surface area contributed by atoms with Gasteiger partial charge in [-0.15, -0.1) is 0 Å². The van der Waals surface area contributed by atoms with Crippen molar-refractivity contribution in [3.05, 3.63) is 58.4 Å². The van der Waals surface area contributed by atoms with Crippen molar-refractivity contribution in [3.63, 3.8) is 0 Å². The Morgan fingerprint density at radius 1 is 1.11 bits per heavy atom. The fourth-order valence-corrected chi connectivity index (χ4v) is 2.63. The zero-order valence-electron chi connectivity index (χ0n) is 9.84. The van der Waals surface area contributed by atoms with Crippen LogP contribution in [0.4, 0.5) is 4.39 Å². The van der Waals surface area contributed by atoms with Crippen molar-refractivity contribution in [2.75, 3.05) is 6.54 Å². The van der Waals surface area contributed by atoms with Crippen molar-refractivity contribution in [2.45, 2.75) is 13.0 Å². The van der Waals surface area contributed by atoms with E-state index in [9.17, 15) is 4.39 Å². The van der Waals surface area contributed by atoms with Crippen LogP contribution in [0.1, 0.15) is 11.1 Å². The van der Waals surface area contributed by atoms with E-state index in [-0.39, 0.29) is 5.82 Å². The predicted molar refractivity (Wildman–Crippen MR) is 72.3 cm³/mol. The van der Waals surface area contributed by atoms with Gasteiger partial charge in [-0.05, 0) is 47.9 Å². The molecule has 0 saturated carbocycles. The summed E-state index contributed by atoms with van der Waals surface area (Å²) in [6.45, 7) is 1.78. The molecule has 1 aliphatic heterocycles. The lowest BCUT2D eigenvalue weighted by Crippen LogP contribution is -2.24. The average Bonchev–Trinajstić information content (AvgIpc) is 2.38. The van der Waals surface area contributed by atoms with Crippen molar-refractivity contribution >= 4 is 11.6 Å². The lowest BCUT2D eigenvalue weighted by Gasteiger charge is -2.20. The summed E-state index contributed by atoms with van der Waals surface area (Å²) in [4.78, 5) is 0. The topological polar surface area (TPSA) is 12.0 Å². The molecule has 0 unspecified atom stereocenters. The highest BCUT2D eigenvalue weighted by Crippen LogP contribution is 2.31. The second-order valence-corrected chi connectivity index (χ2v) is 4.93. The first-order valence-electron chi connectivity index (χ1n) is 6.02. The number of fused-ring (bicyclic) bond motifs is 1. The fraction of sp³-hybridized carbons (Fsp3) is 0.200. The smallest absolute Gasteiger partial charge is 0.132 e. The molecular weight excluding hydrogens is 249 g/mol. The molecule has 0 radical (unpaired) electrons. The second kappa shape index (κ2) is 4.71. The van der Waals surface area contributed by atoms with Crippen LogP contribution in [-0.2, 0) is 13.0 Å². The first-order valence-corrected chi connectivity index (χ1v) is 6.40. The van der Waals surface area contributed by atoms with Gasteiger partial charge >= 0.3 is 0 Å². The zero-order chi connectivity index (χ0) is 12.5. The summed E-state index contributed by atoms with van der Waals surface area (Å²) in [5.74, 6) is -0.263. The molecule has 3 heteroatoms. The minimum absolute atomic E-state index is 0.263. The molecule has 0 saturated heterocycles. The Morgan fingerprint density at radius 2 is 2.00 bits per heavy atom. The average molecular weight is 262 g/mol. The van der Waals surface area contributed by atoms with Gasteiger partial charge in [-0.3, -0.25) is 0 Å². The van der Waals surface area contributed by atoms with Crippen LogP contribution in [0.25, 0.3) is 11.1 Å². The molecule has 18 heavy (non-hydrogen) atoms. The number of rotatable bonds is 1. The summed E-state index contributed by atoms with van der Waals surface area (Å²) >= 11 is 5.80. The maximum absolute atomic E-state index is 14.0. The molecule has 0 aromatic heterocycles. The van der Waals surface area contributed by atoms with Gasteiger partial charge in [0, 0.05) is 17.1 Å². The maximum atomic E-state index is 14.0. The van der Waals surface area contributed by atoms with Crippen molar-refractivity contribution < 1.29 is 4.39 Å². The van der Waals surface area contributed by atoms with Gasteiger partial charge in [-0.2, -0.15) is 0 Å². The quantitative estimate of drug-likeness (QED) is 0.824. The third-order valence-electron chi connectivity index (χ3n) is 3.37. The largest absolute Gasteiger partial charge is 0.312 e. The lowest BCUT2D eigenvalue weighted by atomic mass is 9.92. The van der Waals surface area contributed by atoms with Crippen LogP contribution in [0.15, 0.2) is 36.4 Å². The number of halogens is 2. The van der Waals surface area contributed by atoms with Gasteiger partial charge < -0.3 is 5.32 Å². The van der Waals surface area contributed by atoms with Crippen LogP contribution >= 0.6 is 11.6 Å². The van der Waals surface area contributed by atoms with E-state index in [4.69, 9.17) is 11.6 Å². The van der Waals surface area contributed by atoms with Gasteiger partial charge in [-0.1, -0.05) is 29.8 Å². The van der Waals surface area contributed by atoms with Crippen LogP contribution < -0.4 is 5.32 Å². The molecule has 0 amide bonds. The number of hydrogen-bond acceptors (Lipinski definition) is 1. The van der Waals surface area contributed by atoms with Crippen LogP contribution in [0.2, 0.25) is 5.02 Å². The number of nitrogens with one attached hydrogen (secondary N) is 1. The molecule has 2 aromatic rings. The molecule has 1 nitrogen and oxygen atoms in total. The molecule has 1 aliphatic rings. The normalized spacial score (nSPS) is 14.3. The van der Waals surface area contributed by atoms with E-state index in [1.165, 1.54) is 17.2 Å². The Bertz CT molecular complexity index is 595. The van der Waals surface area contributed by atoms with Gasteiger partial charge in [-0.25, -0.2) is 4.39 Å². The van der Waals surface area contributed by atoms with E-state index in [0.717, 1.165) is 25.1 Å². The lowest BCUT2D eigenvalue weighted by molar-refractivity contribution is 0.627. The molecule has 3 rings (SSSR count). The summed E-state index contributed by atoms with van der Waals surface area (Å²) in [5.41, 5.74) is 4.10. The summed E-state index contributed by atoms with van der Waals surface area (Å²) < 4.78 is 14.0. The first-order chi connectivity index (χ1) is 8.75. The minimum Gasteiger partial charge on any atom is -0.312 e. The monoisotopic (exact) mass is 261 g/mol. The van der Waals surface area contributed by atoms with Gasteiger partial charge in [0.15, 0.2) is 0 Å². The van der Waals surface area contributed by atoms with E-state index in [0.29, 0.717) is 10.6 Å². The molecular formula is C15H13ClFN. The Kier molecular flexibility index (Phi) is 3.06. The van der Waals surface area contributed by atoms with Crippen molar-refractivity contribution in [2.24, 2.45) is 0 Å². The molecule has 0 atom stereocenters. The first kappa shape index (κ1) is 11.7. The fourth-order valence-electron chi connectivity index (χ4n) is 2.47. The van der Waals surface area contributed by atoms with Crippen LogP contribution in [0.3, 0.4) is 0 Å². The van der Waals surface area contributed by atoms with E-state index >= 15 is 0 Å². The molecule has 0 spiro atoms. The van der Waals surface area contributed by atoms with Gasteiger partial charge in [0.25, 0.3) is 0 Å². The Hall–Kier alpha value is -1.38. The molecule has 2 aromatic carbocycles. The SMILES string of the molecule is Fc1cc(Cl)ccc1-c1cccc2c1CNCC2. The Morgan fingerprint density at radius 3 is 2.83 bits per heavy atom. The summed E-state index contributed by atoms with van der Waals surface area (Å²) in [5, 5.41) is 3.76. The van der Waals surface area contributed by atoms with Gasteiger partial charge in [0.1, 0.15) is 5.82 Å². The highest BCUT2D eigenvalue weighted by Gasteiger charge is 2.15. The van der Waals surface area contributed by atoms with Gasteiger partial charge in [0.05, 0.1) is 0 Å². The minimum atomic E-state index is -0.263. The van der Waals surface area contributed by atoms with Crippen LogP contribution in [0, 0.1) is 5.82 Å². The standard InChI is InChI=1S/C15H13ClFN/c16-11-4-5-13(15(17)8-11)12-3-1-2-10-6-7-18-9-14(10)12/h1-5,8,18H,6-7,9H2. The Balaban J connectivity index is 2.17. The van der Waals surface area contributed by atoms with Crippen molar-refractivity contribution in [1.29, 1.82) is 0 Å². The van der Waals surface area contributed by atoms with Crippen LogP contribution in [0.5, 0.6) is 0 Å². The van der Waals surface area contributed by atoms with E-state index in [1.54, 1.807) is 12.1 Å². The number of hydrogen-bond donors (Lipinski definition) is 1. The zero-order valence-corrected chi connectivity index (χ0v) is 10.6. The number of benzene rings is 2. The molecule has 0 fully saturated rings. The van der Waals surface area contributed by atoms with Gasteiger partial charge in [0.2, 0.25) is 0 Å². The molecule has 1 N–H and O–H groups in total. The summed E-state index contributed by atoms with van der Waals surface area (Å²) in [6.07, 6.45) is 0.998. The molecule has 1 heterocycles. The summed E-state index contributed by atoms with van der Waals surface area (Å²) in [7, 11) is 0. The van der Waals surface area contributed by atoms with E-state index in [2.05, 4.69) is 11.4 Å².